The van der Waals surface area contributed by atoms with Crippen molar-refractivity contribution in [1.82, 2.24) is 0 Å². The minimum Gasteiger partial charge on any atom is -0.450 e. The third-order valence-corrected chi connectivity index (χ3v) is 5.45. The molecule has 2 nitrogen and oxygen atoms in total. The fraction of sp³-hybridized carbons (Fsp3) is 0.0476. The highest BCUT2D eigenvalue weighted by molar-refractivity contribution is 6.18. The van der Waals surface area contributed by atoms with Crippen molar-refractivity contribution in [2.45, 2.75) is 5.22 Å². The lowest BCUT2D eigenvalue weighted by Gasteiger charge is -2.36. The third kappa shape index (κ3) is 3.17. The van der Waals surface area contributed by atoms with E-state index in [4.69, 9.17) is 4.74 Å². The Morgan fingerprint density at radius 1 is 0.750 bits per heavy atom. The maximum Gasteiger partial charge on any atom is 0.418 e. The van der Waals surface area contributed by atoms with E-state index in [-0.39, 0.29) is 0 Å². The highest BCUT2D eigenvalue weighted by Crippen LogP contribution is 2.41. The molecule has 0 aliphatic carbocycles. The molecule has 0 aliphatic rings. The molecule has 1 unspecified atom stereocenters. The molecule has 0 aromatic heterocycles. The summed E-state index contributed by atoms with van der Waals surface area (Å²) in [5.74, 6) is 0.991. The number of hydrogen-bond donors (Lipinski definition) is 0. The number of rotatable bonds is 6. The summed E-state index contributed by atoms with van der Waals surface area (Å²) in [7, 11) is 0.597. The van der Waals surface area contributed by atoms with Gasteiger partial charge in [-0.15, -0.1) is 0 Å². The van der Waals surface area contributed by atoms with E-state index in [1.165, 1.54) is 0 Å². The molecule has 3 heteroatoms. The first-order valence-electron chi connectivity index (χ1n) is 7.84. The van der Waals surface area contributed by atoms with Gasteiger partial charge in [-0.2, -0.15) is 0 Å². The molecular weight excluding hydrogens is 312 g/mol. The molecule has 3 aromatic rings. The van der Waals surface area contributed by atoms with Gasteiger partial charge >= 0.3 is 6.47 Å². The molecule has 0 saturated heterocycles. The van der Waals surface area contributed by atoms with E-state index in [1.54, 1.807) is 6.47 Å². The van der Waals surface area contributed by atoms with Crippen molar-refractivity contribution >= 4 is 16.7 Å². The first-order valence-corrected chi connectivity index (χ1v) is 8.84. The fourth-order valence-corrected chi connectivity index (χ4v) is 4.02. The molecule has 0 amide bonds. The predicted molar refractivity (Wildman–Crippen MR) is 99.2 cm³/mol. The van der Waals surface area contributed by atoms with Gasteiger partial charge in [-0.1, -0.05) is 91.0 Å². The fourth-order valence-electron chi connectivity index (χ4n) is 3.02. The van der Waals surface area contributed by atoms with Crippen molar-refractivity contribution in [1.29, 1.82) is 0 Å². The molecule has 1 atom stereocenters. The molecule has 2 radical (unpaired) electrons. The van der Waals surface area contributed by atoms with Crippen LogP contribution in [-0.2, 0) is 14.8 Å². The zero-order chi connectivity index (χ0) is 16.8. The molecule has 3 aromatic carbocycles. The smallest absolute Gasteiger partial charge is 0.418 e. The van der Waals surface area contributed by atoms with Gasteiger partial charge < -0.3 is 4.74 Å². The number of ether oxygens (including phenoxy) is 1. The van der Waals surface area contributed by atoms with Crippen LogP contribution < -0.4 is 0 Å². The van der Waals surface area contributed by atoms with E-state index in [9.17, 15) is 4.79 Å². The topological polar surface area (TPSA) is 26.3 Å². The Morgan fingerprint density at radius 3 is 1.58 bits per heavy atom. The van der Waals surface area contributed by atoms with Crippen LogP contribution >= 0.6 is 0 Å². The van der Waals surface area contributed by atoms with Gasteiger partial charge in [0.15, 0.2) is 0 Å². The number of benzene rings is 3. The first kappa shape index (κ1) is 16.2. The molecule has 0 spiro atoms. The van der Waals surface area contributed by atoms with Crippen molar-refractivity contribution in [3.8, 4) is 0 Å². The summed E-state index contributed by atoms with van der Waals surface area (Å²) < 4.78 is 5.61. The van der Waals surface area contributed by atoms with Crippen LogP contribution in [0.15, 0.2) is 91.0 Å². The van der Waals surface area contributed by atoms with E-state index < -0.39 is 5.22 Å². The lowest BCUT2D eigenvalue weighted by molar-refractivity contribution is 0.156. The van der Waals surface area contributed by atoms with Crippen LogP contribution in [0.1, 0.15) is 16.7 Å². The standard InChI is InChI=1S/C21H18O2Si/c22-16-23-21(24,19-14-8-3-9-15-19)20(17-10-4-1-5-11-17)18-12-6-2-7-13-18/h1-15H,24H3. The number of hydrogen-bond acceptors (Lipinski definition) is 2. The second-order valence-electron chi connectivity index (χ2n) is 5.69. The molecule has 0 bridgehead atoms. The van der Waals surface area contributed by atoms with Crippen molar-refractivity contribution < 1.29 is 9.53 Å². The molecule has 0 N–H and O–H groups in total. The van der Waals surface area contributed by atoms with E-state index >= 15 is 0 Å². The van der Waals surface area contributed by atoms with Gasteiger partial charge in [-0.05, 0) is 16.7 Å². The van der Waals surface area contributed by atoms with Crippen molar-refractivity contribution in [3.05, 3.63) is 114 Å². The van der Waals surface area contributed by atoms with Crippen LogP contribution in [-0.4, -0.2) is 16.7 Å². The van der Waals surface area contributed by atoms with Crippen LogP contribution in [0.5, 0.6) is 0 Å². The largest absolute Gasteiger partial charge is 0.450 e. The van der Waals surface area contributed by atoms with Gasteiger partial charge in [0.1, 0.15) is 5.22 Å². The highest BCUT2D eigenvalue weighted by atomic mass is 28.1. The van der Waals surface area contributed by atoms with Crippen LogP contribution in [0.2, 0.25) is 0 Å². The molecule has 0 fully saturated rings. The monoisotopic (exact) mass is 330 g/mol. The zero-order valence-electron chi connectivity index (χ0n) is 13.5. The second-order valence-corrected chi connectivity index (χ2v) is 7.10. The molecule has 0 saturated carbocycles. The molecule has 0 heterocycles. The molecule has 3 rings (SSSR count). The van der Waals surface area contributed by atoms with E-state index in [0.29, 0.717) is 10.2 Å². The van der Waals surface area contributed by atoms with Crippen LogP contribution in [0.3, 0.4) is 0 Å². The van der Waals surface area contributed by atoms with Gasteiger partial charge in [-0.25, -0.2) is 4.79 Å². The Balaban J connectivity index is 2.20. The Hall–Kier alpha value is -2.65. The SMILES string of the molecule is O=[C]OC([SiH3])([C](c1ccccc1)c1ccccc1)c1ccccc1. The maximum atomic E-state index is 11.2. The molecule has 24 heavy (non-hydrogen) atoms. The average molecular weight is 330 g/mol. The average Bonchev–Trinajstić information content (AvgIpc) is 2.65. The summed E-state index contributed by atoms with van der Waals surface area (Å²) in [5, 5.41) is -0.800. The second kappa shape index (κ2) is 7.28. The zero-order valence-corrected chi connectivity index (χ0v) is 15.5. The molecule has 0 aliphatic heterocycles. The van der Waals surface area contributed by atoms with Gasteiger partial charge in [-0.3, -0.25) is 0 Å². The van der Waals surface area contributed by atoms with Crippen molar-refractivity contribution in [2.75, 3.05) is 0 Å². The normalized spacial score (nSPS) is 13.4. The minimum absolute atomic E-state index is 0.597. The van der Waals surface area contributed by atoms with Gasteiger partial charge in [0, 0.05) is 0 Å². The summed E-state index contributed by atoms with van der Waals surface area (Å²) >= 11 is 0. The quantitative estimate of drug-likeness (QED) is 0.650. The summed E-state index contributed by atoms with van der Waals surface area (Å²) in [6.45, 7) is 1.69. The van der Waals surface area contributed by atoms with Gasteiger partial charge in [0.25, 0.3) is 0 Å². The van der Waals surface area contributed by atoms with Crippen LogP contribution in [0, 0.1) is 5.92 Å². The van der Waals surface area contributed by atoms with E-state index in [0.717, 1.165) is 22.6 Å². The summed E-state index contributed by atoms with van der Waals surface area (Å²) in [5.41, 5.74) is 3.04. The Kier molecular flexibility index (Phi) is 4.92. The molecular formula is C21H18O2Si. The van der Waals surface area contributed by atoms with E-state index in [2.05, 4.69) is 0 Å². The first-order chi connectivity index (χ1) is 11.8. The lowest BCUT2D eigenvalue weighted by atomic mass is 9.82. The summed E-state index contributed by atoms with van der Waals surface area (Å²) in [6.07, 6.45) is 0. The maximum absolute atomic E-state index is 11.2. The van der Waals surface area contributed by atoms with Crippen LogP contribution in [0.4, 0.5) is 0 Å². The van der Waals surface area contributed by atoms with Gasteiger partial charge in [0.2, 0.25) is 0 Å². The molecule has 118 valence electrons. The summed E-state index contributed by atoms with van der Waals surface area (Å²) in [6, 6.07) is 30.0. The lowest BCUT2D eigenvalue weighted by Crippen LogP contribution is -2.38. The summed E-state index contributed by atoms with van der Waals surface area (Å²) in [4.78, 5) is 11.2. The Labute approximate surface area is 145 Å². The van der Waals surface area contributed by atoms with Crippen LogP contribution in [0.25, 0.3) is 0 Å². The highest BCUT2D eigenvalue weighted by Gasteiger charge is 2.40. The number of carbonyl (C=O) groups excluding carboxylic acids is 1. The van der Waals surface area contributed by atoms with Gasteiger partial charge in [0.05, 0.1) is 16.2 Å². The van der Waals surface area contributed by atoms with Crippen molar-refractivity contribution in [2.24, 2.45) is 0 Å². The Morgan fingerprint density at radius 2 is 1.17 bits per heavy atom. The Bertz CT molecular complexity index is 735. The third-order valence-electron chi connectivity index (χ3n) is 4.17. The van der Waals surface area contributed by atoms with Crippen molar-refractivity contribution in [3.63, 3.8) is 0 Å². The van der Waals surface area contributed by atoms with E-state index in [1.807, 2.05) is 91.0 Å². The minimum atomic E-state index is -0.800. The predicted octanol–water partition coefficient (Wildman–Crippen LogP) is 2.96.